The second-order valence-corrected chi connectivity index (χ2v) is 12.0. The van der Waals surface area contributed by atoms with E-state index >= 15 is 0 Å². The average Bonchev–Trinajstić information content (AvgIpc) is 2.98. The Labute approximate surface area is 239 Å². The van der Waals surface area contributed by atoms with E-state index in [0.29, 0.717) is 36.8 Å². The van der Waals surface area contributed by atoms with Gasteiger partial charge in [0.15, 0.2) is 11.5 Å². The van der Waals surface area contributed by atoms with E-state index in [9.17, 15) is 22.4 Å². The van der Waals surface area contributed by atoms with Gasteiger partial charge < -0.3 is 19.7 Å². The van der Waals surface area contributed by atoms with Crippen LogP contribution in [-0.4, -0.2) is 57.5 Å². The molecule has 0 bridgehead atoms. The van der Waals surface area contributed by atoms with Gasteiger partial charge in [-0.25, -0.2) is 12.8 Å². The monoisotopic (exact) mass is 583 g/mol. The van der Waals surface area contributed by atoms with Crippen LogP contribution in [-0.2, 0) is 26.2 Å². The molecule has 1 aliphatic rings. The Morgan fingerprint density at radius 3 is 2.24 bits per heavy atom. The van der Waals surface area contributed by atoms with Gasteiger partial charge in [-0.3, -0.25) is 13.9 Å². The van der Waals surface area contributed by atoms with E-state index in [1.54, 1.807) is 37.3 Å². The quantitative estimate of drug-likeness (QED) is 0.366. The van der Waals surface area contributed by atoms with Gasteiger partial charge in [-0.15, -0.1) is 0 Å². The molecule has 0 fully saturated rings. The first kappa shape index (κ1) is 29.9. The summed E-state index contributed by atoms with van der Waals surface area (Å²) in [6, 6.07) is 17.1. The van der Waals surface area contributed by atoms with Gasteiger partial charge >= 0.3 is 0 Å². The van der Waals surface area contributed by atoms with Crippen LogP contribution in [0.15, 0.2) is 77.7 Å². The van der Waals surface area contributed by atoms with Crippen molar-refractivity contribution in [1.82, 2.24) is 10.2 Å². The number of carbonyl (C=O) groups excluding carboxylic acids is 2. The highest BCUT2D eigenvalue weighted by Gasteiger charge is 2.33. The number of carbonyl (C=O) groups is 2. The molecule has 41 heavy (non-hydrogen) atoms. The SMILES string of the molecule is CC(C)CNC(=O)C(C)N(Cc1ccc(F)cc1)C(=O)CN(c1ccc2c(c1)OCCO2)S(=O)(=O)c1ccccc1. The second-order valence-electron chi connectivity index (χ2n) is 10.1. The van der Waals surface area contributed by atoms with Crippen LogP contribution in [0.3, 0.4) is 0 Å². The zero-order chi connectivity index (χ0) is 29.6. The van der Waals surface area contributed by atoms with Gasteiger partial charge in [-0.2, -0.15) is 0 Å². The Bertz CT molecular complexity index is 1470. The number of nitrogens with zero attached hydrogens (tertiary/aromatic N) is 2. The molecule has 0 spiro atoms. The summed E-state index contributed by atoms with van der Waals surface area (Å²) in [6.07, 6.45) is 0. The van der Waals surface area contributed by atoms with E-state index in [-0.39, 0.29) is 29.0 Å². The van der Waals surface area contributed by atoms with Crippen LogP contribution in [0.2, 0.25) is 0 Å². The molecule has 0 saturated heterocycles. The van der Waals surface area contributed by atoms with Crippen LogP contribution in [0, 0.1) is 11.7 Å². The number of hydrogen-bond donors (Lipinski definition) is 1. The summed E-state index contributed by atoms with van der Waals surface area (Å²) in [5.74, 6) is -0.417. The summed E-state index contributed by atoms with van der Waals surface area (Å²) in [6.45, 7) is 5.93. The van der Waals surface area contributed by atoms with E-state index < -0.39 is 34.3 Å². The smallest absolute Gasteiger partial charge is 0.264 e. The first-order valence-corrected chi connectivity index (χ1v) is 14.8. The van der Waals surface area contributed by atoms with Crippen molar-refractivity contribution < 1.29 is 31.9 Å². The molecular formula is C30H34FN3O6S. The molecule has 4 rings (SSSR count). The maximum absolute atomic E-state index is 14.0. The van der Waals surface area contributed by atoms with Crippen molar-refractivity contribution in [2.24, 2.45) is 5.92 Å². The Morgan fingerprint density at radius 1 is 0.927 bits per heavy atom. The third-order valence-electron chi connectivity index (χ3n) is 6.54. The van der Waals surface area contributed by atoms with Gasteiger partial charge in [0, 0.05) is 19.2 Å². The predicted octanol–water partition coefficient (Wildman–Crippen LogP) is 3.98. The fraction of sp³-hybridized carbons (Fsp3) is 0.333. The number of benzene rings is 3. The first-order valence-electron chi connectivity index (χ1n) is 13.4. The number of sulfonamides is 1. The normalized spacial score (nSPS) is 13.4. The summed E-state index contributed by atoms with van der Waals surface area (Å²) in [7, 11) is -4.22. The van der Waals surface area contributed by atoms with E-state index in [4.69, 9.17) is 9.47 Å². The number of ether oxygens (including phenoxy) is 2. The third kappa shape index (κ3) is 7.35. The van der Waals surface area contributed by atoms with Crippen molar-refractivity contribution in [1.29, 1.82) is 0 Å². The third-order valence-corrected chi connectivity index (χ3v) is 8.33. The zero-order valence-corrected chi connectivity index (χ0v) is 24.1. The molecule has 1 heterocycles. The molecule has 3 aromatic carbocycles. The van der Waals surface area contributed by atoms with Crippen LogP contribution >= 0.6 is 0 Å². The lowest BCUT2D eigenvalue weighted by molar-refractivity contribution is -0.139. The molecular weight excluding hydrogens is 549 g/mol. The summed E-state index contributed by atoms with van der Waals surface area (Å²) in [5, 5.41) is 2.83. The van der Waals surface area contributed by atoms with E-state index in [1.165, 1.54) is 47.4 Å². The van der Waals surface area contributed by atoms with Crippen LogP contribution in [0.25, 0.3) is 0 Å². The van der Waals surface area contributed by atoms with Crippen molar-refractivity contribution in [3.63, 3.8) is 0 Å². The number of amides is 2. The fourth-order valence-corrected chi connectivity index (χ4v) is 5.68. The molecule has 0 aliphatic carbocycles. The number of halogens is 1. The van der Waals surface area contributed by atoms with Crippen molar-refractivity contribution in [2.45, 2.75) is 38.3 Å². The Balaban J connectivity index is 1.71. The minimum absolute atomic E-state index is 0.00417. The summed E-state index contributed by atoms with van der Waals surface area (Å²) in [4.78, 5) is 28.3. The molecule has 0 aromatic heterocycles. The molecule has 9 nitrogen and oxygen atoms in total. The second kappa shape index (κ2) is 13.0. The molecule has 0 saturated carbocycles. The predicted molar refractivity (Wildman–Crippen MR) is 153 cm³/mol. The number of anilines is 1. The molecule has 1 unspecified atom stereocenters. The van der Waals surface area contributed by atoms with Crippen molar-refractivity contribution in [3.05, 3.63) is 84.2 Å². The highest BCUT2D eigenvalue weighted by Crippen LogP contribution is 2.36. The highest BCUT2D eigenvalue weighted by atomic mass is 32.2. The van der Waals surface area contributed by atoms with Crippen molar-refractivity contribution in [2.75, 3.05) is 30.6 Å². The van der Waals surface area contributed by atoms with Crippen LogP contribution in [0.5, 0.6) is 11.5 Å². The fourth-order valence-electron chi connectivity index (χ4n) is 4.26. The Kier molecular flexibility index (Phi) is 9.49. The summed E-state index contributed by atoms with van der Waals surface area (Å²) >= 11 is 0. The lowest BCUT2D eigenvalue weighted by Gasteiger charge is -2.32. The minimum Gasteiger partial charge on any atom is -0.486 e. The molecule has 0 radical (unpaired) electrons. The summed E-state index contributed by atoms with van der Waals surface area (Å²) < 4.78 is 53.6. The first-order chi connectivity index (χ1) is 19.6. The molecule has 3 aromatic rings. The topological polar surface area (TPSA) is 105 Å². The van der Waals surface area contributed by atoms with Gasteiger partial charge in [0.05, 0.1) is 10.6 Å². The maximum Gasteiger partial charge on any atom is 0.264 e. The molecule has 1 atom stereocenters. The number of nitrogens with one attached hydrogen (secondary N) is 1. The van der Waals surface area contributed by atoms with Crippen LogP contribution in [0.1, 0.15) is 26.3 Å². The Hall–Kier alpha value is -4.12. The van der Waals surface area contributed by atoms with E-state index in [1.807, 2.05) is 13.8 Å². The standard InChI is InChI=1S/C30H34FN3O6S/c1-21(2)18-32-30(36)22(3)33(19-23-9-11-24(31)12-10-23)29(35)20-34(41(37,38)26-7-5-4-6-8-26)25-13-14-27-28(17-25)40-16-15-39-27/h4-14,17,21-22H,15-16,18-20H2,1-3H3,(H,32,36). The zero-order valence-electron chi connectivity index (χ0n) is 23.2. The van der Waals surface area contributed by atoms with Gasteiger partial charge in [-0.1, -0.05) is 44.2 Å². The van der Waals surface area contributed by atoms with Gasteiger partial charge in [0.25, 0.3) is 10.0 Å². The van der Waals surface area contributed by atoms with Crippen molar-refractivity contribution >= 4 is 27.5 Å². The largest absolute Gasteiger partial charge is 0.486 e. The van der Waals surface area contributed by atoms with Crippen LogP contribution < -0.4 is 19.1 Å². The number of rotatable bonds is 11. The van der Waals surface area contributed by atoms with Gasteiger partial charge in [-0.05, 0) is 54.8 Å². The molecule has 2 amide bonds. The molecule has 218 valence electrons. The minimum atomic E-state index is -4.22. The lowest BCUT2D eigenvalue weighted by Crippen LogP contribution is -2.51. The maximum atomic E-state index is 14.0. The van der Waals surface area contributed by atoms with Gasteiger partial charge in [0.2, 0.25) is 11.8 Å². The lowest BCUT2D eigenvalue weighted by atomic mass is 10.1. The number of fused-ring (bicyclic) bond motifs is 1. The van der Waals surface area contributed by atoms with E-state index in [2.05, 4.69) is 5.32 Å². The van der Waals surface area contributed by atoms with Gasteiger partial charge in [0.1, 0.15) is 31.6 Å². The molecule has 11 heteroatoms. The summed E-state index contributed by atoms with van der Waals surface area (Å²) in [5.41, 5.74) is 0.783. The molecule has 1 N–H and O–H groups in total. The highest BCUT2D eigenvalue weighted by molar-refractivity contribution is 7.92. The van der Waals surface area contributed by atoms with Crippen LogP contribution in [0.4, 0.5) is 10.1 Å². The Morgan fingerprint density at radius 2 is 1.59 bits per heavy atom. The molecule has 1 aliphatic heterocycles. The number of hydrogen-bond acceptors (Lipinski definition) is 6. The van der Waals surface area contributed by atoms with Crippen molar-refractivity contribution in [3.8, 4) is 11.5 Å². The average molecular weight is 584 g/mol. The van der Waals surface area contributed by atoms with E-state index in [0.717, 1.165) is 4.31 Å².